The van der Waals surface area contributed by atoms with E-state index in [9.17, 15) is 4.79 Å². The van der Waals surface area contributed by atoms with E-state index in [2.05, 4.69) is 21.8 Å². The van der Waals surface area contributed by atoms with Crippen molar-refractivity contribution in [2.24, 2.45) is 0 Å². The molecule has 0 saturated carbocycles. The van der Waals surface area contributed by atoms with Crippen molar-refractivity contribution < 1.29 is 4.74 Å². The quantitative estimate of drug-likeness (QED) is 0.793. The molecule has 6 nitrogen and oxygen atoms in total. The molecule has 0 radical (unpaired) electrons. The van der Waals surface area contributed by atoms with Crippen molar-refractivity contribution in [3.63, 3.8) is 0 Å². The third-order valence-electron chi connectivity index (χ3n) is 5.35. The summed E-state index contributed by atoms with van der Waals surface area (Å²) in [5.41, 5.74) is 2.16. The molecule has 0 unspecified atom stereocenters. The fraction of sp³-hybridized carbons (Fsp3) is 0.474. The molecule has 0 spiro atoms. The van der Waals surface area contributed by atoms with Gasteiger partial charge in [-0.2, -0.15) is 0 Å². The maximum Gasteiger partial charge on any atom is 0.277 e. The molecule has 25 heavy (non-hydrogen) atoms. The maximum absolute atomic E-state index is 12.8. The summed E-state index contributed by atoms with van der Waals surface area (Å²) in [6.07, 6.45) is 5.48. The smallest absolute Gasteiger partial charge is 0.277 e. The lowest BCUT2D eigenvalue weighted by atomic mass is 10.0. The van der Waals surface area contributed by atoms with Gasteiger partial charge in [0, 0.05) is 30.6 Å². The lowest BCUT2D eigenvalue weighted by molar-refractivity contribution is 0.154. The molecule has 4 rings (SSSR count). The summed E-state index contributed by atoms with van der Waals surface area (Å²) in [7, 11) is 1.64. The van der Waals surface area contributed by atoms with Gasteiger partial charge in [0.15, 0.2) is 0 Å². The highest BCUT2D eigenvalue weighted by Crippen LogP contribution is 2.25. The van der Waals surface area contributed by atoms with Crippen molar-refractivity contribution in [2.45, 2.75) is 38.8 Å². The molecule has 1 aliphatic heterocycles. The Bertz CT molecular complexity index is 959. The Morgan fingerprint density at radius 1 is 1.32 bits per heavy atom. The zero-order valence-electron chi connectivity index (χ0n) is 14.8. The number of aromatic amines is 1. The van der Waals surface area contributed by atoms with Crippen LogP contribution in [0.4, 0.5) is 0 Å². The number of ether oxygens (including phenoxy) is 1. The number of fused-ring (bicyclic) bond motifs is 3. The number of rotatable bonds is 4. The van der Waals surface area contributed by atoms with Gasteiger partial charge in [-0.3, -0.25) is 14.3 Å². The van der Waals surface area contributed by atoms with Gasteiger partial charge in [0.05, 0.1) is 19.0 Å². The largest absolute Gasteiger partial charge is 0.497 e. The number of nitrogens with zero attached hydrogens (tertiary/aromatic N) is 3. The minimum Gasteiger partial charge on any atom is -0.497 e. The summed E-state index contributed by atoms with van der Waals surface area (Å²) < 4.78 is 6.98. The molecular weight excluding hydrogens is 316 g/mol. The second-order valence-corrected chi connectivity index (χ2v) is 6.88. The van der Waals surface area contributed by atoms with E-state index < -0.39 is 0 Å². The van der Waals surface area contributed by atoms with Crippen molar-refractivity contribution >= 4 is 21.9 Å². The van der Waals surface area contributed by atoms with Gasteiger partial charge in [0.1, 0.15) is 16.8 Å². The van der Waals surface area contributed by atoms with Gasteiger partial charge in [-0.05, 0) is 38.4 Å². The second kappa shape index (κ2) is 6.52. The van der Waals surface area contributed by atoms with Crippen LogP contribution in [-0.2, 0) is 6.54 Å². The first-order chi connectivity index (χ1) is 12.2. The molecular formula is C19H24N4O2. The van der Waals surface area contributed by atoms with E-state index in [0.29, 0.717) is 18.1 Å². The molecule has 0 aliphatic carbocycles. The van der Waals surface area contributed by atoms with Gasteiger partial charge in [-0.15, -0.1) is 0 Å². The van der Waals surface area contributed by atoms with Crippen molar-refractivity contribution in [3.8, 4) is 5.75 Å². The van der Waals surface area contributed by atoms with E-state index in [1.54, 1.807) is 18.0 Å². The van der Waals surface area contributed by atoms with Crippen LogP contribution >= 0.6 is 0 Å². The van der Waals surface area contributed by atoms with Crippen LogP contribution in [-0.4, -0.2) is 45.7 Å². The highest BCUT2D eigenvalue weighted by molar-refractivity contribution is 6.04. The van der Waals surface area contributed by atoms with Gasteiger partial charge in [0.25, 0.3) is 5.56 Å². The molecule has 132 valence electrons. The average molecular weight is 340 g/mol. The SMILES string of the molecule is COc1ccc2c(c1)[nH]c1c(=O)n(CCN3CCCC[C@H]3C)cnc12. The summed E-state index contributed by atoms with van der Waals surface area (Å²) in [5, 5.41) is 0.949. The lowest BCUT2D eigenvalue weighted by Gasteiger charge is -2.33. The van der Waals surface area contributed by atoms with Crippen molar-refractivity contribution in [1.29, 1.82) is 0 Å². The number of nitrogens with one attached hydrogen (secondary N) is 1. The van der Waals surface area contributed by atoms with Crippen LogP contribution in [0.3, 0.4) is 0 Å². The molecule has 1 fully saturated rings. The molecule has 2 aromatic heterocycles. The first kappa shape index (κ1) is 16.1. The maximum atomic E-state index is 12.8. The normalized spacial score (nSPS) is 18.9. The summed E-state index contributed by atoms with van der Waals surface area (Å²) in [5.74, 6) is 0.762. The zero-order chi connectivity index (χ0) is 17.4. The van der Waals surface area contributed by atoms with Crippen LogP contribution in [0.15, 0.2) is 29.3 Å². The van der Waals surface area contributed by atoms with E-state index in [1.807, 2.05) is 18.2 Å². The Kier molecular flexibility index (Phi) is 4.21. The van der Waals surface area contributed by atoms with Crippen LogP contribution in [0, 0.1) is 0 Å². The molecule has 1 atom stereocenters. The predicted octanol–water partition coefficient (Wildman–Crippen LogP) is 2.76. The highest BCUT2D eigenvalue weighted by atomic mass is 16.5. The van der Waals surface area contributed by atoms with Crippen molar-refractivity contribution in [1.82, 2.24) is 19.4 Å². The molecule has 1 aromatic carbocycles. The Hall–Kier alpha value is -2.34. The number of methoxy groups -OCH3 is 1. The molecule has 1 saturated heterocycles. The Morgan fingerprint density at radius 3 is 3.00 bits per heavy atom. The lowest BCUT2D eigenvalue weighted by Crippen LogP contribution is -2.40. The van der Waals surface area contributed by atoms with Crippen molar-refractivity contribution in [3.05, 3.63) is 34.9 Å². The molecule has 6 heteroatoms. The summed E-state index contributed by atoms with van der Waals surface area (Å²) in [6, 6.07) is 6.33. The monoisotopic (exact) mass is 340 g/mol. The Morgan fingerprint density at radius 2 is 2.20 bits per heavy atom. The number of benzene rings is 1. The summed E-state index contributed by atoms with van der Waals surface area (Å²) >= 11 is 0. The minimum atomic E-state index is -0.00942. The van der Waals surface area contributed by atoms with E-state index in [4.69, 9.17) is 4.74 Å². The van der Waals surface area contributed by atoms with Gasteiger partial charge in [0.2, 0.25) is 0 Å². The Labute approximate surface area is 146 Å². The minimum absolute atomic E-state index is 0.00942. The molecule has 1 aliphatic rings. The van der Waals surface area contributed by atoms with Crippen LogP contribution in [0.1, 0.15) is 26.2 Å². The fourth-order valence-electron chi connectivity index (χ4n) is 3.79. The molecule has 0 bridgehead atoms. The standard InChI is InChI=1S/C19H24N4O2/c1-13-5-3-4-8-22(13)9-10-23-12-20-17-15-7-6-14(25-2)11-16(15)21-18(17)19(23)24/h6-7,11-13,21H,3-5,8-10H2,1-2H3/t13-/m1/s1. The second-order valence-electron chi connectivity index (χ2n) is 6.88. The fourth-order valence-corrected chi connectivity index (χ4v) is 3.79. The number of H-pyrrole nitrogens is 1. The van der Waals surface area contributed by atoms with E-state index in [-0.39, 0.29) is 5.56 Å². The highest BCUT2D eigenvalue weighted by Gasteiger charge is 2.18. The number of likely N-dealkylation sites (tertiary alicyclic amines) is 1. The zero-order valence-corrected chi connectivity index (χ0v) is 14.8. The third kappa shape index (κ3) is 2.91. The third-order valence-corrected chi connectivity index (χ3v) is 5.35. The van der Waals surface area contributed by atoms with E-state index in [1.165, 1.54) is 19.3 Å². The van der Waals surface area contributed by atoms with Gasteiger partial charge in [-0.1, -0.05) is 6.42 Å². The number of piperidine rings is 1. The van der Waals surface area contributed by atoms with Crippen LogP contribution in [0.5, 0.6) is 5.75 Å². The topological polar surface area (TPSA) is 63.2 Å². The van der Waals surface area contributed by atoms with Crippen LogP contribution in [0.2, 0.25) is 0 Å². The van der Waals surface area contributed by atoms with Crippen LogP contribution < -0.4 is 10.3 Å². The van der Waals surface area contributed by atoms with E-state index >= 15 is 0 Å². The van der Waals surface area contributed by atoms with Gasteiger partial charge < -0.3 is 9.72 Å². The van der Waals surface area contributed by atoms with Crippen LogP contribution in [0.25, 0.3) is 21.9 Å². The first-order valence-corrected chi connectivity index (χ1v) is 8.96. The van der Waals surface area contributed by atoms with Gasteiger partial charge >= 0.3 is 0 Å². The first-order valence-electron chi connectivity index (χ1n) is 8.96. The van der Waals surface area contributed by atoms with Gasteiger partial charge in [-0.25, -0.2) is 4.98 Å². The Balaban J connectivity index is 1.65. The van der Waals surface area contributed by atoms with E-state index in [0.717, 1.165) is 35.3 Å². The van der Waals surface area contributed by atoms with Crippen molar-refractivity contribution in [2.75, 3.05) is 20.2 Å². The molecule has 3 heterocycles. The summed E-state index contributed by atoms with van der Waals surface area (Å²) in [6.45, 7) is 4.96. The number of hydrogen-bond donors (Lipinski definition) is 1. The number of aromatic nitrogens is 3. The molecule has 0 amide bonds. The predicted molar refractivity (Wildman–Crippen MR) is 99.3 cm³/mol. The number of hydrogen-bond acceptors (Lipinski definition) is 4. The summed E-state index contributed by atoms with van der Waals surface area (Å²) in [4.78, 5) is 23.1. The molecule has 1 N–H and O–H groups in total. The molecule has 3 aromatic rings. The average Bonchev–Trinajstić information content (AvgIpc) is 3.01.